The molecule has 244 valence electrons. The molecule has 0 saturated heterocycles. The normalized spacial score (nSPS) is 17.2. The summed E-state index contributed by atoms with van der Waals surface area (Å²) in [6.45, 7) is -0.132. The Morgan fingerprint density at radius 2 is 1.30 bits per heavy atom. The molecule has 3 aromatic carbocycles. The lowest BCUT2D eigenvalue weighted by Gasteiger charge is -2.32. The Balaban J connectivity index is 1.67. The summed E-state index contributed by atoms with van der Waals surface area (Å²) in [5.41, 5.74) is 1.08. The average Bonchev–Trinajstić information content (AvgIpc) is 3.05. The first-order chi connectivity index (χ1) is 22.0. The maximum atomic E-state index is 14.2. The second-order valence-corrected chi connectivity index (χ2v) is 11.5. The summed E-state index contributed by atoms with van der Waals surface area (Å²) in [7, 11) is 0. The van der Waals surface area contributed by atoms with Crippen molar-refractivity contribution in [1.29, 1.82) is 0 Å². The number of nitrogens with one attached hydrogen (secondary N) is 1. The number of hydrogen-bond donors (Lipinski definition) is 3. The van der Waals surface area contributed by atoms with E-state index in [1.54, 1.807) is 0 Å². The predicted octanol–water partition coefficient (Wildman–Crippen LogP) is 6.28. The second-order valence-electron chi connectivity index (χ2n) is 11.5. The van der Waals surface area contributed by atoms with Crippen LogP contribution in [0, 0.1) is 11.8 Å². The number of amides is 2. The summed E-state index contributed by atoms with van der Waals surface area (Å²) >= 11 is 0. The van der Waals surface area contributed by atoms with Crippen molar-refractivity contribution in [3.05, 3.63) is 107 Å². The van der Waals surface area contributed by atoms with E-state index in [2.05, 4.69) is 5.32 Å². The van der Waals surface area contributed by atoms with Crippen LogP contribution in [0.4, 0.5) is 13.2 Å². The highest BCUT2D eigenvalue weighted by atomic mass is 19.4. The number of rotatable bonds is 13. The lowest BCUT2D eigenvalue weighted by atomic mass is 9.78. The van der Waals surface area contributed by atoms with Crippen LogP contribution >= 0.6 is 0 Å². The molecule has 3 N–H and O–H groups in total. The molecule has 0 bridgehead atoms. The molecule has 3 atom stereocenters. The maximum absolute atomic E-state index is 14.2. The predicted molar refractivity (Wildman–Crippen MR) is 164 cm³/mol. The summed E-state index contributed by atoms with van der Waals surface area (Å²) in [4.78, 5) is 52.6. The molecule has 0 radical (unpaired) electrons. The van der Waals surface area contributed by atoms with Crippen LogP contribution in [-0.2, 0) is 25.4 Å². The molecule has 2 amide bonds. The minimum atomic E-state index is -4.63. The molecule has 0 aliphatic heterocycles. The molecule has 0 heterocycles. The van der Waals surface area contributed by atoms with Crippen molar-refractivity contribution < 1.29 is 42.6 Å². The Hall–Kier alpha value is -4.67. The molecule has 0 spiro atoms. The summed E-state index contributed by atoms with van der Waals surface area (Å²) in [5.74, 6) is -5.72. The minimum Gasteiger partial charge on any atom is -0.481 e. The van der Waals surface area contributed by atoms with Gasteiger partial charge in [0.25, 0.3) is 0 Å². The number of carbonyl (C=O) groups is 4. The number of alkyl halides is 3. The van der Waals surface area contributed by atoms with Crippen molar-refractivity contribution in [2.45, 2.75) is 56.7 Å². The molecule has 1 saturated carbocycles. The van der Waals surface area contributed by atoms with E-state index in [0.29, 0.717) is 19.3 Å². The van der Waals surface area contributed by atoms with Crippen molar-refractivity contribution >= 4 is 23.8 Å². The van der Waals surface area contributed by atoms with Gasteiger partial charge in [0.2, 0.25) is 11.8 Å². The van der Waals surface area contributed by atoms with Crippen LogP contribution < -0.4 is 5.32 Å². The van der Waals surface area contributed by atoms with Gasteiger partial charge in [0.1, 0.15) is 6.04 Å². The van der Waals surface area contributed by atoms with Crippen LogP contribution in [0.3, 0.4) is 0 Å². The number of aliphatic carboxylic acids is 2. The van der Waals surface area contributed by atoms with Crippen LogP contribution in [0.25, 0.3) is 0 Å². The van der Waals surface area contributed by atoms with Gasteiger partial charge in [-0.2, -0.15) is 13.2 Å². The summed E-state index contributed by atoms with van der Waals surface area (Å²) in [5, 5.41) is 21.8. The Labute approximate surface area is 265 Å². The molecule has 0 aromatic heterocycles. The number of nitrogens with zero attached hydrogens (tertiary/aromatic N) is 1. The Bertz CT molecular complexity index is 1440. The fourth-order valence-electron chi connectivity index (χ4n) is 6.07. The first-order valence-electron chi connectivity index (χ1n) is 15.3. The molecule has 1 fully saturated rings. The highest BCUT2D eigenvalue weighted by Crippen LogP contribution is 2.34. The molecule has 8 nitrogen and oxygen atoms in total. The van der Waals surface area contributed by atoms with E-state index in [1.165, 1.54) is 4.90 Å². The molecular weight excluding hydrogens is 601 g/mol. The SMILES string of the molecule is O=C(O)CCN(CCC(c1ccccc1)c1ccccc1)C(=O)C(NC(=O)C1CCCCC1C(=O)O)c1ccc(C(F)(F)F)cc1. The van der Waals surface area contributed by atoms with Gasteiger partial charge in [0, 0.05) is 19.0 Å². The number of carboxylic acid groups (broad SMARTS) is 2. The highest BCUT2D eigenvalue weighted by Gasteiger charge is 2.39. The number of halogens is 3. The summed E-state index contributed by atoms with van der Waals surface area (Å²) < 4.78 is 40.1. The van der Waals surface area contributed by atoms with Gasteiger partial charge in [0.15, 0.2) is 0 Å². The fourth-order valence-corrected chi connectivity index (χ4v) is 6.07. The first kappa shape index (κ1) is 34.2. The number of hydrogen-bond acceptors (Lipinski definition) is 4. The van der Waals surface area contributed by atoms with Crippen molar-refractivity contribution in [1.82, 2.24) is 10.2 Å². The van der Waals surface area contributed by atoms with Crippen molar-refractivity contribution in [3.63, 3.8) is 0 Å². The second kappa shape index (κ2) is 15.6. The molecule has 1 aliphatic rings. The highest BCUT2D eigenvalue weighted by molar-refractivity contribution is 5.91. The third kappa shape index (κ3) is 8.95. The maximum Gasteiger partial charge on any atom is 0.416 e. The van der Waals surface area contributed by atoms with Crippen molar-refractivity contribution in [3.8, 4) is 0 Å². The average molecular weight is 639 g/mol. The number of benzene rings is 3. The van der Waals surface area contributed by atoms with E-state index in [4.69, 9.17) is 0 Å². The lowest BCUT2D eigenvalue weighted by Crippen LogP contribution is -2.47. The van der Waals surface area contributed by atoms with Crippen LogP contribution in [0.5, 0.6) is 0 Å². The largest absolute Gasteiger partial charge is 0.481 e. The molecule has 11 heteroatoms. The van der Waals surface area contributed by atoms with Gasteiger partial charge in [-0.15, -0.1) is 0 Å². The zero-order chi connectivity index (χ0) is 33.3. The van der Waals surface area contributed by atoms with Crippen LogP contribution in [-0.4, -0.2) is 52.0 Å². The monoisotopic (exact) mass is 638 g/mol. The van der Waals surface area contributed by atoms with Crippen LogP contribution in [0.2, 0.25) is 0 Å². The van der Waals surface area contributed by atoms with E-state index in [9.17, 15) is 42.6 Å². The molecule has 3 unspecified atom stereocenters. The Morgan fingerprint density at radius 3 is 1.80 bits per heavy atom. The van der Waals surface area contributed by atoms with E-state index < -0.39 is 59.8 Å². The standard InChI is InChI=1S/C35H37F3N2O6/c36-35(37,38)26-17-15-25(16-18-26)31(39-32(43)28-13-7-8-14-29(28)34(45)46)33(44)40(22-20-30(41)42)21-19-27(23-9-3-1-4-10-23)24-11-5-2-6-12-24/h1-6,9-12,15-18,27-29,31H,7-8,13-14,19-22H2,(H,39,43)(H,41,42)(H,45,46). The number of carboxylic acids is 2. The van der Waals surface area contributed by atoms with Gasteiger partial charge in [-0.3, -0.25) is 19.2 Å². The third-order valence-corrected chi connectivity index (χ3v) is 8.52. The van der Waals surface area contributed by atoms with E-state index in [-0.39, 0.29) is 37.4 Å². The Morgan fingerprint density at radius 1 is 0.761 bits per heavy atom. The van der Waals surface area contributed by atoms with Gasteiger partial charge in [-0.25, -0.2) is 0 Å². The minimum absolute atomic E-state index is 0.0667. The topological polar surface area (TPSA) is 124 Å². The molecule has 1 aliphatic carbocycles. The summed E-state index contributed by atoms with van der Waals surface area (Å²) in [6, 6.07) is 21.5. The lowest BCUT2D eigenvalue weighted by molar-refractivity contribution is -0.149. The van der Waals surface area contributed by atoms with Crippen molar-refractivity contribution in [2.75, 3.05) is 13.1 Å². The van der Waals surface area contributed by atoms with E-state index in [0.717, 1.165) is 35.4 Å². The van der Waals surface area contributed by atoms with Crippen molar-refractivity contribution in [2.24, 2.45) is 11.8 Å². The summed E-state index contributed by atoms with van der Waals surface area (Å²) in [6.07, 6.45) is -2.82. The van der Waals surface area contributed by atoms with Crippen LogP contribution in [0.15, 0.2) is 84.9 Å². The third-order valence-electron chi connectivity index (χ3n) is 8.52. The quantitative estimate of drug-likeness (QED) is 0.203. The van der Waals surface area contributed by atoms with E-state index in [1.807, 2.05) is 60.7 Å². The zero-order valence-electron chi connectivity index (χ0n) is 25.2. The molecule has 46 heavy (non-hydrogen) atoms. The van der Waals surface area contributed by atoms with Gasteiger partial charge in [-0.1, -0.05) is 85.6 Å². The van der Waals surface area contributed by atoms with E-state index >= 15 is 0 Å². The van der Waals surface area contributed by atoms with Gasteiger partial charge >= 0.3 is 18.1 Å². The van der Waals surface area contributed by atoms with Gasteiger partial charge in [0.05, 0.1) is 23.8 Å². The van der Waals surface area contributed by atoms with Gasteiger partial charge < -0.3 is 20.4 Å². The molecule has 4 rings (SSSR count). The zero-order valence-corrected chi connectivity index (χ0v) is 25.2. The smallest absolute Gasteiger partial charge is 0.416 e. The van der Waals surface area contributed by atoms with Gasteiger partial charge in [-0.05, 0) is 48.1 Å². The Kier molecular flexibility index (Phi) is 11.6. The molecule has 3 aromatic rings. The first-order valence-corrected chi connectivity index (χ1v) is 15.3. The number of carbonyl (C=O) groups excluding carboxylic acids is 2. The van der Waals surface area contributed by atoms with Crippen LogP contribution in [0.1, 0.15) is 72.7 Å². The fraction of sp³-hybridized carbons (Fsp3) is 0.371. The molecular formula is C35H37F3N2O6.